The third-order valence-electron chi connectivity index (χ3n) is 5.67. The molecule has 0 saturated carbocycles. The highest BCUT2D eigenvalue weighted by molar-refractivity contribution is 6.30. The zero-order valence-electron chi connectivity index (χ0n) is 18.4. The van der Waals surface area contributed by atoms with Crippen LogP contribution in [0.15, 0.2) is 62.6 Å². The fourth-order valence-corrected chi connectivity index (χ4v) is 4.20. The summed E-state index contributed by atoms with van der Waals surface area (Å²) in [5.41, 5.74) is -1.36. The highest BCUT2D eigenvalue weighted by Crippen LogP contribution is 2.42. The number of esters is 1. The van der Waals surface area contributed by atoms with Crippen LogP contribution in [0.1, 0.15) is 20.0 Å². The summed E-state index contributed by atoms with van der Waals surface area (Å²) in [6.07, 6.45) is -1.13. The van der Waals surface area contributed by atoms with Gasteiger partial charge in [-0.05, 0) is 62.4 Å². The Morgan fingerprint density at radius 1 is 0.971 bits per heavy atom. The van der Waals surface area contributed by atoms with Gasteiger partial charge < -0.3 is 14.2 Å². The van der Waals surface area contributed by atoms with E-state index in [1.165, 1.54) is 41.2 Å². The largest absolute Gasteiger partial charge is 0.468 e. The van der Waals surface area contributed by atoms with Crippen LogP contribution in [0.3, 0.4) is 0 Å². The number of benzene rings is 2. The van der Waals surface area contributed by atoms with E-state index in [-0.39, 0.29) is 12.2 Å². The zero-order chi connectivity index (χ0) is 24.8. The van der Waals surface area contributed by atoms with E-state index < -0.39 is 35.2 Å². The normalized spacial score (nSPS) is 17.3. The number of aromatic nitrogens is 2. The molecule has 4 rings (SSSR count). The first kappa shape index (κ1) is 23.7. The summed E-state index contributed by atoms with van der Waals surface area (Å²) in [5.74, 6) is -1.59. The average molecular weight is 507 g/mol. The van der Waals surface area contributed by atoms with E-state index >= 15 is 0 Å². The first-order chi connectivity index (χ1) is 16.1. The van der Waals surface area contributed by atoms with E-state index in [1.54, 1.807) is 38.1 Å². The molecule has 34 heavy (non-hydrogen) atoms. The molecule has 1 fully saturated rings. The predicted octanol–water partition coefficient (Wildman–Crippen LogP) is 3.29. The van der Waals surface area contributed by atoms with Crippen LogP contribution in [-0.4, -0.2) is 45.4 Å². The van der Waals surface area contributed by atoms with Crippen LogP contribution in [0.2, 0.25) is 10.0 Å². The van der Waals surface area contributed by atoms with Gasteiger partial charge in [-0.3, -0.25) is 9.69 Å². The Morgan fingerprint density at radius 2 is 1.50 bits per heavy atom. The number of urea groups is 1. The summed E-state index contributed by atoms with van der Waals surface area (Å²) in [6.45, 7) is 2.93. The van der Waals surface area contributed by atoms with E-state index in [1.807, 2.05) is 0 Å². The number of carbonyl (C=O) groups excluding carboxylic acids is 2. The molecular formula is C22H20Cl2N4O6. The Balaban J connectivity index is 1.90. The van der Waals surface area contributed by atoms with Crippen molar-refractivity contribution in [1.82, 2.24) is 14.2 Å². The van der Waals surface area contributed by atoms with E-state index in [4.69, 9.17) is 32.5 Å². The van der Waals surface area contributed by atoms with Crippen LogP contribution in [0.25, 0.3) is 5.69 Å². The molecule has 0 radical (unpaired) electrons. The molecule has 0 unspecified atom stereocenters. The molecule has 0 spiro atoms. The second-order valence-electron chi connectivity index (χ2n) is 8.10. The number of nitrogens with zero attached hydrogens (tertiary/aromatic N) is 4. The number of rotatable bonds is 5. The SMILES string of the molecule is COC(=O)CN1C(=O)N(c2ccc(Cl)cc2)[C@@H](n2oc(=O)n(-c3ccc(Cl)cc3)c2=O)C1(C)C. The highest BCUT2D eigenvalue weighted by atomic mass is 35.5. The number of anilines is 1. The first-order valence-electron chi connectivity index (χ1n) is 10.1. The molecule has 1 saturated heterocycles. The van der Waals surface area contributed by atoms with Gasteiger partial charge in [-0.1, -0.05) is 23.2 Å². The van der Waals surface area contributed by atoms with Crippen LogP contribution in [0, 0.1) is 0 Å². The van der Waals surface area contributed by atoms with Gasteiger partial charge in [0.2, 0.25) is 0 Å². The molecule has 2 amide bonds. The van der Waals surface area contributed by atoms with E-state index in [9.17, 15) is 19.2 Å². The Hall–Kier alpha value is -3.50. The van der Waals surface area contributed by atoms with Gasteiger partial charge in [0.05, 0.1) is 18.3 Å². The molecule has 10 nitrogen and oxygen atoms in total. The molecule has 3 aromatic rings. The summed E-state index contributed by atoms with van der Waals surface area (Å²) in [6, 6.07) is 11.8. The van der Waals surface area contributed by atoms with Crippen molar-refractivity contribution >= 4 is 40.9 Å². The van der Waals surface area contributed by atoms with Crippen molar-refractivity contribution in [3.8, 4) is 5.69 Å². The van der Waals surface area contributed by atoms with Crippen LogP contribution in [-0.2, 0) is 9.53 Å². The van der Waals surface area contributed by atoms with Gasteiger partial charge in [0.15, 0.2) is 6.17 Å². The van der Waals surface area contributed by atoms with Gasteiger partial charge in [-0.2, -0.15) is 4.57 Å². The second-order valence-corrected chi connectivity index (χ2v) is 8.97. The Bertz CT molecular complexity index is 1360. The standard InChI is InChI=1S/C22H20Cl2N4O6/c1-22(2)18(28-20(31)27(21(32)34-28)16-10-6-14(24)7-11-16)26(15-8-4-13(23)5-9-15)19(30)25(22)12-17(29)33-3/h4-11,18H,12H2,1-3H3/t18-/m0/s1. The smallest absolute Gasteiger partial charge is 0.447 e. The number of carbonyl (C=O) groups is 2. The lowest BCUT2D eigenvalue weighted by molar-refractivity contribution is -0.142. The van der Waals surface area contributed by atoms with Gasteiger partial charge in [0.1, 0.15) is 6.54 Å². The lowest BCUT2D eigenvalue weighted by Crippen LogP contribution is -2.48. The van der Waals surface area contributed by atoms with E-state index in [2.05, 4.69) is 0 Å². The fourth-order valence-electron chi connectivity index (χ4n) is 3.95. The molecule has 2 heterocycles. The summed E-state index contributed by atoms with van der Waals surface area (Å²) in [4.78, 5) is 54.2. The lowest BCUT2D eigenvalue weighted by Gasteiger charge is -2.33. The molecule has 0 bridgehead atoms. The van der Waals surface area contributed by atoms with Gasteiger partial charge in [-0.25, -0.2) is 14.4 Å². The highest BCUT2D eigenvalue weighted by Gasteiger charge is 2.55. The molecule has 2 aromatic carbocycles. The average Bonchev–Trinajstić information content (AvgIpc) is 3.19. The van der Waals surface area contributed by atoms with Crippen molar-refractivity contribution < 1.29 is 18.8 Å². The van der Waals surface area contributed by atoms with Crippen molar-refractivity contribution in [2.24, 2.45) is 0 Å². The number of methoxy groups -OCH3 is 1. The number of amides is 2. The number of hydrogen-bond donors (Lipinski definition) is 0. The Labute approximate surface area is 203 Å². The topological polar surface area (TPSA) is 107 Å². The Morgan fingerprint density at radius 3 is 2.03 bits per heavy atom. The minimum absolute atomic E-state index is 0.244. The molecule has 1 aliphatic rings. The summed E-state index contributed by atoms with van der Waals surface area (Å²) in [7, 11) is 1.21. The molecule has 0 aliphatic carbocycles. The maximum atomic E-state index is 13.5. The summed E-state index contributed by atoms with van der Waals surface area (Å²) < 4.78 is 11.8. The maximum Gasteiger partial charge on any atom is 0.447 e. The third-order valence-corrected chi connectivity index (χ3v) is 6.18. The lowest BCUT2D eigenvalue weighted by atomic mass is 10.0. The third kappa shape index (κ3) is 3.88. The molecule has 12 heteroatoms. The van der Waals surface area contributed by atoms with Crippen LogP contribution >= 0.6 is 23.2 Å². The second kappa shape index (κ2) is 8.69. The van der Waals surface area contributed by atoms with Gasteiger partial charge in [-0.15, -0.1) is 4.74 Å². The molecule has 178 valence electrons. The maximum absolute atomic E-state index is 13.5. The van der Waals surface area contributed by atoms with E-state index in [0.29, 0.717) is 15.7 Å². The predicted molar refractivity (Wildman–Crippen MR) is 125 cm³/mol. The van der Waals surface area contributed by atoms with Crippen LogP contribution in [0.4, 0.5) is 10.5 Å². The quantitative estimate of drug-likeness (QED) is 0.491. The van der Waals surface area contributed by atoms with Crippen LogP contribution < -0.4 is 16.3 Å². The number of ether oxygens (including phenoxy) is 1. The fraction of sp³-hybridized carbons (Fsp3) is 0.273. The monoisotopic (exact) mass is 506 g/mol. The van der Waals surface area contributed by atoms with Gasteiger partial charge >= 0.3 is 23.4 Å². The molecule has 1 aliphatic heterocycles. The van der Waals surface area contributed by atoms with E-state index in [0.717, 1.165) is 9.31 Å². The van der Waals surface area contributed by atoms with Gasteiger partial charge in [0, 0.05) is 15.7 Å². The number of halogens is 2. The first-order valence-corrected chi connectivity index (χ1v) is 10.9. The summed E-state index contributed by atoms with van der Waals surface area (Å²) in [5, 5.41) is 0.866. The minimum atomic E-state index is -1.18. The zero-order valence-corrected chi connectivity index (χ0v) is 19.9. The Kier molecular flexibility index (Phi) is 6.05. The van der Waals surface area contributed by atoms with Crippen molar-refractivity contribution in [3.63, 3.8) is 0 Å². The molecule has 1 aromatic heterocycles. The van der Waals surface area contributed by atoms with Crippen molar-refractivity contribution in [2.45, 2.75) is 25.6 Å². The number of hydrogen-bond acceptors (Lipinski definition) is 6. The molecular weight excluding hydrogens is 487 g/mol. The van der Waals surface area contributed by atoms with Crippen molar-refractivity contribution in [1.29, 1.82) is 0 Å². The summed E-state index contributed by atoms with van der Waals surface area (Å²) >= 11 is 11.9. The van der Waals surface area contributed by atoms with Crippen LogP contribution in [0.5, 0.6) is 0 Å². The molecule has 1 atom stereocenters. The minimum Gasteiger partial charge on any atom is -0.468 e. The van der Waals surface area contributed by atoms with Gasteiger partial charge in [0.25, 0.3) is 0 Å². The van der Waals surface area contributed by atoms with Crippen molar-refractivity contribution in [2.75, 3.05) is 18.6 Å². The van der Waals surface area contributed by atoms with Crippen molar-refractivity contribution in [3.05, 3.63) is 79.6 Å². The molecule has 0 N–H and O–H groups in total.